The maximum absolute atomic E-state index is 13.1. The Kier molecular flexibility index (Phi) is 11.2. The molecule has 3 aromatic carbocycles. The first kappa shape index (κ1) is 38.6. The zero-order valence-corrected chi connectivity index (χ0v) is 32.3. The molecule has 3 amide bonds. The number of unbranched alkanes of at least 4 members (excludes halogenated alkanes) is 1. The molecule has 1 atom stereocenters. The number of rotatable bonds is 12. The average Bonchev–Trinajstić information content (AvgIpc) is 3.89. The minimum Gasteiger partial charge on any atom is -0.374 e. The van der Waals surface area contributed by atoms with Gasteiger partial charge in [0.1, 0.15) is 12.4 Å². The largest absolute Gasteiger partial charge is 0.418 e. The van der Waals surface area contributed by atoms with Crippen molar-refractivity contribution in [3.63, 3.8) is 0 Å². The van der Waals surface area contributed by atoms with Gasteiger partial charge in [-0.3, -0.25) is 19.8 Å². The van der Waals surface area contributed by atoms with Gasteiger partial charge in [0.05, 0.1) is 11.2 Å². The van der Waals surface area contributed by atoms with E-state index in [1.165, 1.54) is 16.0 Å². The molecule has 3 aromatic heterocycles. The molecule has 14 heteroatoms. The summed E-state index contributed by atoms with van der Waals surface area (Å²) in [6, 6.07) is 24.5. The van der Waals surface area contributed by atoms with Gasteiger partial charge in [0.25, 0.3) is 5.82 Å². The predicted molar refractivity (Wildman–Crippen MR) is 212 cm³/mol. The Bertz CT molecular complexity index is 2400. The van der Waals surface area contributed by atoms with Crippen molar-refractivity contribution in [3.05, 3.63) is 120 Å². The molecule has 0 radical (unpaired) electrons. The number of esters is 1. The second-order valence-corrected chi connectivity index (χ2v) is 15.2. The Balaban J connectivity index is 0.953. The van der Waals surface area contributed by atoms with Crippen LogP contribution < -0.4 is 10.6 Å². The lowest BCUT2D eigenvalue weighted by molar-refractivity contribution is -0.133. The van der Waals surface area contributed by atoms with Crippen LogP contribution in [0.15, 0.2) is 96.2 Å². The van der Waals surface area contributed by atoms with Crippen molar-refractivity contribution in [2.24, 2.45) is 0 Å². The summed E-state index contributed by atoms with van der Waals surface area (Å²) in [5.74, 6) is -1.80. The minimum absolute atomic E-state index is 0.208. The minimum atomic E-state index is -0.985. The zero-order chi connectivity index (χ0) is 40.1. The molecule has 14 nitrogen and oxygen atoms in total. The summed E-state index contributed by atoms with van der Waals surface area (Å²) in [4.78, 5) is 58.7. The number of hydrogen-bond donors (Lipinski definition) is 2. The third-order valence-electron chi connectivity index (χ3n) is 10.1. The van der Waals surface area contributed by atoms with E-state index >= 15 is 0 Å². The van der Waals surface area contributed by atoms with Crippen LogP contribution in [0.2, 0.25) is 0 Å². The highest BCUT2D eigenvalue weighted by Gasteiger charge is 2.31. The number of aromatic nitrogens is 5. The van der Waals surface area contributed by atoms with E-state index in [1.807, 2.05) is 68.7 Å². The van der Waals surface area contributed by atoms with E-state index < -0.39 is 17.6 Å². The molecule has 1 unspecified atom stereocenters. The molecule has 57 heavy (non-hydrogen) atoms. The molecule has 0 bridgehead atoms. The standard InChI is InChI=1S/C43H44N8O6/c1-27-21-31(15-16-32(27)23-50(43(2,3)4)42(55)57-41(54)39-45-26-56-49-39)38-36-22-33(24-51(36)46-25-44-38)30-13-9-28(10-14-30)7-5-6-8-29-11-17-34(18-12-29)47-35-19-20-37(52)48-40(35)53/h9-18,21-22,24-26,35,47H,5-8,19-20,23H2,1-4H3,(H,48,52,53). The fourth-order valence-electron chi connectivity index (χ4n) is 6.84. The number of carbonyl (C=O) groups excluding carboxylic acids is 4. The molecule has 6 aromatic rings. The lowest BCUT2D eigenvalue weighted by Gasteiger charge is -2.34. The Morgan fingerprint density at radius 1 is 0.930 bits per heavy atom. The summed E-state index contributed by atoms with van der Waals surface area (Å²) in [6.45, 7) is 7.78. The summed E-state index contributed by atoms with van der Waals surface area (Å²) in [6.07, 6.45) is 8.64. The highest BCUT2D eigenvalue weighted by molar-refractivity contribution is 6.01. The highest BCUT2D eigenvalue weighted by Crippen LogP contribution is 2.30. The molecule has 1 aliphatic heterocycles. The molecular weight excluding hydrogens is 725 g/mol. The van der Waals surface area contributed by atoms with Gasteiger partial charge in [-0.25, -0.2) is 19.1 Å². The normalized spacial score (nSPS) is 14.4. The third-order valence-corrected chi connectivity index (χ3v) is 10.1. The van der Waals surface area contributed by atoms with Crippen molar-refractivity contribution in [1.29, 1.82) is 0 Å². The highest BCUT2D eigenvalue weighted by atomic mass is 16.6. The van der Waals surface area contributed by atoms with E-state index in [9.17, 15) is 19.2 Å². The molecule has 0 spiro atoms. The third kappa shape index (κ3) is 9.23. The van der Waals surface area contributed by atoms with Crippen molar-refractivity contribution in [1.82, 2.24) is 35.0 Å². The van der Waals surface area contributed by atoms with Crippen LogP contribution in [0.3, 0.4) is 0 Å². The number of piperidine rings is 1. The summed E-state index contributed by atoms with van der Waals surface area (Å²) >= 11 is 0. The number of nitrogens with one attached hydrogen (secondary N) is 2. The Morgan fingerprint density at radius 3 is 2.28 bits per heavy atom. The Hall–Kier alpha value is -6.70. The maximum atomic E-state index is 13.1. The van der Waals surface area contributed by atoms with Gasteiger partial charge < -0.3 is 14.6 Å². The number of carbonyl (C=O) groups is 4. The second kappa shape index (κ2) is 16.6. The number of benzene rings is 3. The maximum Gasteiger partial charge on any atom is 0.418 e. The van der Waals surface area contributed by atoms with Gasteiger partial charge in [0.2, 0.25) is 18.2 Å². The van der Waals surface area contributed by atoms with Crippen LogP contribution in [0.4, 0.5) is 10.5 Å². The summed E-state index contributed by atoms with van der Waals surface area (Å²) < 4.78 is 11.5. The van der Waals surface area contributed by atoms with E-state index in [2.05, 4.69) is 77.8 Å². The number of anilines is 1. The van der Waals surface area contributed by atoms with E-state index in [4.69, 9.17) is 4.74 Å². The SMILES string of the molecule is Cc1cc(-c2ncnn3cc(-c4ccc(CCCCc5ccc(NC6CCC(=O)NC6=O)cc5)cc4)cc23)ccc1CN(C(=O)OC(=O)c1ncon1)C(C)(C)C. The van der Waals surface area contributed by atoms with Crippen molar-refractivity contribution in [2.75, 3.05) is 5.32 Å². The van der Waals surface area contributed by atoms with Gasteiger partial charge in [-0.05, 0) is 112 Å². The number of amides is 3. The van der Waals surface area contributed by atoms with E-state index in [-0.39, 0.29) is 30.2 Å². The average molecular weight is 769 g/mol. The van der Waals surface area contributed by atoms with Gasteiger partial charge in [-0.1, -0.05) is 53.7 Å². The zero-order valence-electron chi connectivity index (χ0n) is 32.3. The molecular formula is C43H44N8O6. The van der Waals surface area contributed by atoms with Gasteiger partial charge in [0.15, 0.2) is 0 Å². The summed E-state index contributed by atoms with van der Waals surface area (Å²) in [7, 11) is 0. The van der Waals surface area contributed by atoms with Gasteiger partial charge >= 0.3 is 12.1 Å². The number of fused-ring (bicyclic) bond motifs is 1. The lowest BCUT2D eigenvalue weighted by atomic mass is 9.99. The number of ether oxygens (including phenoxy) is 1. The number of aryl methyl sites for hydroxylation is 3. The molecule has 4 heterocycles. The smallest absolute Gasteiger partial charge is 0.374 e. The predicted octanol–water partition coefficient (Wildman–Crippen LogP) is 7.11. The molecule has 292 valence electrons. The van der Waals surface area contributed by atoms with Crippen LogP contribution in [-0.4, -0.2) is 65.1 Å². The van der Waals surface area contributed by atoms with Gasteiger partial charge in [0, 0.05) is 41.5 Å². The van der Waals surface area contributed by atoms with Gasteiger partial charge in [-0.2, -0.15) is 10.1 Å². The van der Waals surface area contributed by atoms with Crippen molar-refractivity contribution >= 4 is 35.1 Å². The fourth-order valence-corrected chi connectivity index (χ4v) is 6.84. The first-order valence-electron chi connectivity index (χ1n) is 18.9. The Morgan fingerprint density at radius 2 is 1.63 bits per heavy atom. The van der Waals surface area contributed by atoms with Gasteiger partial charge in [-0.15, -0.1) is 0 Å². The molecule has 2 N–H and O–H groups in total. The fraction of sp³-hybridized carbons (Fsp3) is 0.302. The van der Waals surface area contributed by atoms with E-state index in [0.29, 0.717) is 12.8 Å². The van der Waals surface area contributed by atoms with Crippen LogP contribution in [0.1, 0.15) is 79.3 Å². The van der Waals surface area contributed by atoms with E-state index in [1.54, 1.807) is 6.33 Å². The molecule has 0 saturated carbocycles. The van der Waals surface area contributed by atoms with E-state index in [0.717, 1.165) is 76.8 Å². The molecule has 1 fully saturated rings. The monoisotopic (exact) mass is 768 g/mol. The first-order chi connectivity index (χ1) is 27.4. The molecule has 1 aliphatic rings. The molecule has 1 saturated heterocycles. The van der Waals surface area contributed by atoms with Crippen LogP contribution in [-0.2, 0) is 33.7 Å². The first-order valence-corrected chi connectivity index (χ1v) is 18.9. The molecule has 0 aliphatic carbocycles. The van der Waals surface area contributed by atoms with Crippen LogP contribution in [0.25, 0.3) is 27.9 Å². The topological polar surface area (TPSA) is 174 Å². The van der Waals surface area contributed by atoms with Crippen LogP contribution >= 0.6 is 0 Å². The summed E-state index contributed by atoms with van der Waals surface area (Å²) in [5.41, 5.74) is 9.22. The second-order valence-electron chi connectivity index (χ2n) is 15.2. The quantitative estimate of drug-likeness (QED) is 0.0562. The number of nitrogens with zero attached hydrogens (tertiary/aromatic N) is 6. The molecule has 7 rings (SSSR count). The summed E-state index contributed by atoms with van der Waals surface area (Å²) in [5, 5.41) is 13.5. The lowest BCUT2D eigenvalue weighted by Crippen LogP contribution is -2.47. The Labute approximate surface area is 329 Å². The van der Waals surface area contributed by atoms with Crippen LogP contribution in [0.5, 0.6) is 0 Å². The van der Waals surface area contributed by atoms with Crippen molar-refractivity contribution in [3.8, 4) is 22.4 Å². The van der Waals surface area contributed by atoms with Crippen molar-refractivity contribution < 1.29 is 28.4 Å². The number of imide groups is 1. The number of hydrogen-bond acceptors (Lipinski definition) is 11. The van der Waals surface area contributed by atoms with Crippen molar-refractivity contribution in [2.45, 2.75) is 84.3 Å². The van der Waals surface area contributed by atoms with Crippen LogP contribution in [0, 0.1) is 6.92 Å².